The van der Waals surface area contributed by atoms with Gasteiger partial charge in [-0.1, -0.05) is 6.07 Å². The van der Waals surface area contributed by atoms with Crippen LogP contribution in [0.4, 0.5) is 5.69 Å². The summed E-state index contributed by atoms with van der Waals surface area (Å²) >= 11 is 0. The molecule has 2 unspecified atom stereocenters. The number of ether oxygens (including phenoxy) is 1. The Kier molecular flexibility index (Phi) is 1.34. The molecule has 0 aromatic heterocycles. The second kappa shape index (κ2) is 2.41. The molecule has 68 valence electrons. The Morgan fingerprint density at radius 1 is 1.46 bits per heavy atom. The topological polar surface area (TPSA) is 21.3 Å². The molecule has 2 atom stereocenters. The van der Waals surface area contributed by atoms with Gasteiger partial charge in [-0.2, -0.15) is 0 Å². The average molecular weight is 175 g/mol. The molecule has 1 N–H and O–H groups in total. The van der Waals surface area contributed by atoms with E-state index in [0.29, 0.717) is 0 Å². The lowest BCUT2D eigenvalue weighted by molar-refractivity contribution is 0.414. The van der Waals surface area contributed by atoms with E-state index in [0.717, 1.165) is 24.1 Å². The molecular formula is C11H13NO. The number of methoxy groups -OCH3 is 1. The van der Waals surface area contributed by atoms with Gasteiger partial charge in [0.05, 0.1) is 7.11 Å². The van der Waals surface area contributed by atoms with Gasteiger partial charge < -0.3 is 10.1 Å². The van der Waals surface area contributed by atoms with Crippen LogP contribution in [-0.2, 0) is 0 Å². The number of hydrogen-bond donors (Lipinski definition) is 1. The lowest BCUT2D eigenvalue weighted by Crippen LogP contribution is -2.11. The lowest BCUT2D eigenvalue weighted by atomic mass is 10.0. The van der Waals surface area contributed by atoms with Crippen LogP contribution in [0.25, 0.3) is 0 Å². The van der Waals surface area contributed by atoms with Crippen LogP contribution in [0.2, 0.25) is 0 Å². The van der Waals surface area contributed by atoms with E-state index in [1.165, 1.54) is 17.7 Å². The van der Waals surface area contributed by atoms with Crippen LogP contribution in [0, 0.1) is 5.92 Å². The Morgan fingerprint density at radius 2 is 2.38 bits per heavy atom. The smallest absolute Gasteiger partial charge is 0.120 e. The monoisotopic (exact) mass is 175 g/mol. The maximum absolute atomic E-state index is 5.19. The number of rotatable bonds is 1. The maximum atomic E-state index is 5.19. The number of hydrogen-bond acceptors (Lipinski definition) is 2. The van der Waals surface area contributed by atoms with Gasteiger partial charge in [0.15, 0.2) is 0 Å². The number of benzene rings is 1. The zero-order chi connectivity index (χ0) is 8.84. The molecule has 1 aromatic carbocycles. The number of fused-ring (bicyclic) bond motifs is 3. The van der Waals surface area contributed by atoms with Crippen molar-refractivity contribution in [2.24, 2.45) is 5.92 Å². The van der Waals surface area contributed by atoms with Crippen molar-refractivity contribution in [3.8, 4) is 5.75 Å². The molecule has 0 spiro atoms. The molecule has 13 heavy (non-hydrogen) atoms. The zero-order valence-corrected chi connectivity index (χ0v) is 7.71. The summed E-state index contributed by atoms with van der Waals surface area (Å²) in [7, 11) is 1.71. The predicted molar refractivity (Wildman–Crippen MR) is 52.3 cm³/mol. The Hall–Kier alpha value is -1.18. The minimum Gasteiger partial charge on any atom is -0.497 e. The first-order chi connectivity index (χ1) is 6.38. The van der Waals surface area contributed by atoms with Gasteiger partial charge >= 0.3 is 0 Å². The van der Waals surface area contributed by atoms with Crippen LogP contribution in [0.15, 0.2) is 18.2 Å². The van der Waals surface area contributed by atoms with Crippen molar-refractivity contribution in [3.63, 3.8) is 0 Å². The molecular weight excluding hydrogens is 162 g/mol. The second-order valence-electron chi connectivity index (χ2n) is 3.94. The highest BCUT2D eigenvalue weighted by atomic mass is 16.5. The van der Waals surface area contributed by atoms with E-state index >= 15 is 0 Å². The van der Waals surface area contributed by atoms with E-state index in [4.69, 9.17) is 4.74 Å². The van der Waals surface area contributed by atoms with Crippen LogP contribution < -0.4 is 10.1 Å². The quantitative estimate of drug-likeness (QED) is 0.706. The normalized spacial score (nSPS) is 28.4. The molecule has 2 aliphatic rings. The SMILES string of the molecule is COc1ccc2c(c1)NCC1CC21. The maximum Gasteiger partial charge on any atom is 0.120 e. The molecule has 3 rings (SSSR count). The van der Waals surface area contributed by atoms with Crippen molar-refractivity contribution >= 4 is 5.69 Å². The molecule has 0 amide bonds. The highest BCUT2D eigenvalue weighted by Crippen LogP contribution is 2.53. The molecule has 1 aliphatic carbocycles. The minimum atomic E-state index is 0.835. The van der Waals surface area contributed by atoms with Crippen LogP contribution in [0.1, 0.15) is 17.9 Å². The average Bonchev–Trinajstić information content (AvgIpc) is 2.95. The summed E-state index contributed by atoms with van der Waals surface area (Å²) in [6.45, 7) is 1.14. The van der Waals surface area contributed by atoms with Crippen LogP contribution >= 0.6 is 0 Å². The first-order valence-electron chi connectivity index (χ1n) is 4.80. The second-order valence-corrected chi connectivity index (χ2v) is 3.94. The summed E-state index contributed by atoms with van der Waals surface area (Å²) in [5.74, 6) is 2.69. The molecule has 1 aromatic rings. The molecule has 2 nitrogen and oxygen atoms in total. The predicted octanol–water partition coefficient (Wildman–Crippen LogP) is 2.22. The van der Waals surface area contributed by atoms with Crippen LogP contribution in [-0.4, -0.2) is 13.7 Å². The Bertz CT molecular complexity index is 348. The summed E-state index contributed by atoms with van der Waals surface area (Å²) in [6.07, 6.45) is 1.37. The Labute approximate surface area is 77.9 Å². The first kappa shape index (κ1) is 7.25. The molecule has 1 saturated carbocycles. The van der Waals surface area contributed by atoms with Crippen molar-refractivity contribution in [1.29, 1.82) is 0 Å². The van der Waals surface area contributed by atoms with E-state index in [2.05, 4.69) is 23.5 Å². The fourth-order valence-electron chi connectivity index (χ4n) is 2.23. The van der Waals surface area contributed by atoms with Crippen molar-refractivity contribution in [2.45, 2.75) is 12.3 Å². The van der Waals surface area contributed by atoms with Crippen molar-refractivity contribution < 1.29 is 4.74 Å². The lowest BCUT2D eigenvalue weighted by Gasteiger charge is -2.17. The molecule has 0 saturated heterocycles. The van der Waals surface area contributed by atoms with Gasteiger partial charge in [-0.3, -0.25) is 0 Å². The minimum absolute atomic E-state index is 0.835. The third kappa shape index (κ3) is 1.01. The summed E-state index contributed by atoms with van der Waals surface area (Å²) < 4.78 is 5.19. The van der Waals surface area contributed by atoms with Crippen molar-refractivity contribution in [3.05, 3.63) is 23.8 Å². The highest BCUT2D eigenvalue weighted by Gasteiger charge is 2.42. The molecule has 0 radical (unpaired) electrons. The van der Waals surface area contributed by atoms with Gasteiger partial charge in [0.1, 0.15) is 5.75 Å². The van der Waals surface area contributed by atoms with Gasteiger partial charge in [0.25, 0.3) is 0 Å². The summed E-state index contributed by atoms with van der Waals surface area (Å²) in [5, 5.41) is 3.45. The van der Waals surface area contributed by atoms with E-state index < -0.39 is 0 Å². The van der Waals surface area contributed by atoms with Gasteiger partial charge in [0.2, 0.25) is 0 Å². The number of anilines is 1. The first-order valence-corrected chi connectivity index (χ1v) is 4.80. The van der Waals surface area contributed by atoms with Crippen LogP contribution in [0.3, 0.4) is 0 Å². The van der Waals surface area contributed by atoms with E-state index in [1.807, 2.05) is 0 Å². The van der Waals surface area contributed by atoms with Crippen LogP contribution in [0.5, 0.6) is 5.75 Å². The molecule has 1 aliphatic heterocycles. The summed E-state index contributed by atoms with van der Waals surface area (Å²) in [4.78, 5) is 0. The fourth-order valence-corrected chi connectivity index (χ4v) is 2.23. The highest BCUT2D eigenvalue weighted by molar-refractivity contribution is 5.60. The third-order valence-corrected chi connectivity index (χ3v) is 3.14. The van der Waals surface area contributed by atoms with Crippen molar-refractivity contribution in [2.75, 3.05) is 19.0 Å². The fraction of sp³-hybridized carbons (Fsp3) is 0.455. The van der Waals surface area contributed by atoms with Gasteiger partial charge in [-0.25, -0.2) is 0 Å². The molecule has 2 heteroatoms. The van der Waals surface area contributed by atoms with E-state index in [1.54, 1.807) is 7.11 Å². The zero-order valence-electron chi connectivity index (χ0n) is 7.71. The van der Waals surface area contributed by atoms with Gasteiger partial charge in [-0.05, 0) is 29.9 Å². The largest absolute Gasteiger partial charge is 0.497 e. The van der Waals surface area contributed by atoms with Crippen molar-refractivity contribution in [1.82, 2.24) is 0 Å². The Morgan fingerprint density at radius 3 is 3.23 bits per heavy atom. The Balaban J connectivity index is 2.04. The summed E-state index contributed by atoms with van der Waals surface area (Å²) in [5.41, 5.74) is 2.76. The van der Waals surface area contributed by atoms with E-state index in [-0.39, 0.29) is 0 Å². The molecule has 1 heterocycles. The number of nitrogens with one attached hydrogen (secondary N) is 1. The standard InChI is InChI=1S/C11H13NO/c1-13-8-2-3-9-10-4-7(10)6-12-11(9)5-8/h2-3,5,7,10,12H,4,6H2,1H3. The summed E-state index contributed by atoms with van der Waals surface area (Å²) in [6, 6.07) is 6.36. The molecule has 0 bridgehead atoms. The van der Waals surface area contributed by atoms with Gasteiger partial charge in [-0.15, -0.1) is 0 Å². The third-order valence-electron chi connectivity index (χ3n) is 3.14. The van der Waals surface area contributed by atoms with Gasteiger partial charge in [0, 0.05) is 18.3 Å². The molecule has 1 fully saturated rings. The van der Waals surface area contributed by atoms with E-state index in [9.17, 15) is 0 Å².